The van der Waals surface area contributed by atoms with Gasteiger partial charge in [0.15, 0.2) is 0 Å². The van der Waals surface area contributed by atoms with Gasteiger partial charge in [0.25, 0.3) is 11.1 Å². The molecule has 3 amide bonds. The molecule has 1 aliphatic rings. The summed E-state index contributed by atoms with van der Waals surface area (Å²) in [5.41, 5.74) is 1.59. The van der Waals surface area contributed by atoms with E-state index in [2.05, 4.69) is 5.32 Å². The van der Waals surface area contributed by atoms with Gasteiger partial charge in [-0.3, -0.25) is 19.3 Å². The molecule has 39 heavy (non-hydrogen) atoms. The first kappa shape index (κ1) is 27.8. The number of amides is 3. The lowest BCUT2D eigenvalue weighted by Crippen LogP contribution is -2.36. The summed E-state index contributed by atoms with van der Waals surface area (Å²) in [5.74, 6) is -0.914. The molecule has 1 fully saturated rings. The molecule has 1 saturated heterocycles. The highest BCUT2D eigenvalue weighted by atomic mass is 32.2. The van der Waals surface area contributed by atoms with Gasteiger partial charge in [0, 0.05) is 0 Å². The van der Waals surface area contributed by atoms with Gasteiger partial charge in [-0.25, -0.2) is 0 Å². The van der Waals surface area contributed by atoms with Crippen LogP contribution in [-0.2, 0) is 22.4 Å². The van der Waals surface area contributed by atoms with Crippen LogP contribution in [0.3, 0.4) is 0 Å². The third-order valence-electron chi connectivity index (χ3n) is 5.64. The van der Waals surface area contributed by atoms with Crippen LogP contribution in [-0.4, -0.2) is 35.6 Å². The molecule has 0 saturated carbocycles. The predicted octanol–water partition coefficient (Wildman–Crippen LogP) is 6.28. The first-order valence-electron chi connectivity index (χ1n) is 11.6. The summed E-state index contributed by atoms with van der Waals surface area (Å²) in [4.78, 5) is 38.6. The zero-order valence-electron chi connectivity index (χ0n) is 20.9. The minimum Gasteiger partial charge on any atom is -0.495 e. The second-order valence-electron chi connectivity index (χ2n) is 8.58. The van der Waals surface area contributed by atoms with Crippen molar-refractivity contribution in [1.29, 1.82) is 0 Å². The van der Waals surface area contributed by atoms with Crippen LogP contribution in [0.4, 0.5) is 23.7 Å². The van der Waals surface area contributed by atoms with E-state index in [1.54, 1.807) is 24.3 Å². The van der Waals surface area contributed by atoms with E-state index >= 15 is 0 Å². The molecule has 3 aromatic rings. The number of halogens is 3. The van der Waals surface area contributed by atoms with Gasteiger partial charge in [0.1, 0.15) is 24.7 Å². The van der Waals surface area contributed by atoms with Gasteiger partial charge in [-0.2, -0.15) is 13.2 Å². The van der Waals surface area contributed by atoms with Crippen molar-refractivity contribution in [2.24, 2.45) is 0 Å². The second-order valence-corrected chi connectivity index (χ2v) is 9.57. The number of ether oxygens (including phenoxy) is 2. The van der Waals surface area contributed by atoms with Gasteiger partial charge in [-0.05, 0) is 66.2 Å². The number of methoxy groups -OCH3 is 1. The number of carbonyl (C=O) groups excluding carboxylic acids is 3. The average molecular weight is 557 g/mol. The third-order valence-corrected chi connectivity index (χ3v) is 6.55. The first-order chi connectivity index (χ1) is 18.5. The number of carbonyl (C=O) groups is 3. The van der Waals surface area contributed by atoms with E-state index in [0.717, 1.165) is 34.2 Å². The van der Waals surface area contributed by atoms with Crippen molar-refractivity contribution in [1.82, 2.24) is 4.90 Å². The van der Waals surface area contributed by atoms with Crippen molar-refractivity contribution < 1.29 is 37.0 Å². The Labute approximate surface area is 226 Å². The molecule has 1 aliphatic heterocycles. The summed E-state index contributed by atoms with van der Waals surface area (Å²) in [6.45, 7) is 1.72. The van der Waals surface area contributed by atoms with E-state index in [4.69, 9.17) is 9.47 Å². The van der Waals surface area contributed by atoms with E-state index in [1.807, 2.05) is 31.2 Å². The van der Waals surface area contributed by atoms with Gasteiger partial charge < -0.3 is 14.8 Å². The molecule has 0 spiro atoms. The van der Waals surface area contributed by atoms with Crippen LogP contribution < -0.4 is 14.8 Å². The molecule has 0 atom stereocenters. The number of rotatable bonds is 8. The van der Waals surface area contributed by atoms with Gasteiger partial charge in [0.2, 0.25) is 5.91 Å². The highest BCUT2D eigenvalue weighted by Gasteiger charge is 2.37. The summed E-state index contributed by atoms with van der Waals surface area (Å²) in [7, 11) is 1.24. The zero-order chi connectivity index (χ0) is 28.2. The molecule has 1 N–H and O–H groups in total. The Hall–Kier alpha value is -4.25. The van der Waals surface area contributed by atoms with Crippen molar-refractivity contribution in [3.63, 3.8) is 0 Å². The van der Waals surface area contributed by atoms with Crippen LogP contribution in [0.25, 0.3) is 6.08 Å². The van der Waals surface area contributed by atoms with Gasteiger partial charge in [-0.1, -0.05) is 42.0 Å². The van der Waals surface area contributed by atoms with Crippen LogP contribution in [0.1, 0.15) is 22.3 Å². The highest BCUT2D eigenvalue weighted by Crippen LogP contribution is 2.36. The highest BCUT2D eigenvalue weighted by molar-refractivity contribution is 8.18. The monoisotopic (exact) mass is 556 g/mol. The Morgan fingerprint density at radius 2 is 1.79 bits per heavy atom. The topological polar surface area (TPSA) is 84.9 Å². The van der Waals surface area contributed by atoms with Crippen LogP contribution in [0, 0.1) is 6.92 Å². The molecule has 1 heterocycles. The lowest BCUT2D eigenvalue weighted by Gasteiger charge is -2.16. The fourth-order valence-corrected chi connectivity index (χ4v) is 4.57. The molecule has 0 bridgehead atoms. The second kappa shape index (κ2) is 11.6. The van der Waals surface area contributed by atoms with E-state index < -0.39 is 35.3 Å². The number of anilines is 1. The maximum Gasteiger partial charge on any atom is 0.416 e. The van der Waals surface area contributed by atoms with Crippen LogP contribution in [0.15, 0.2) is 71.6 Å². The van der Waals surface area contributed by atoms with E-state index in [9.17, 15) is 27.6 Å². The van der Waals surface area contributed by atoms with E-state index in [1.165, 1.54) is 13.2 Å². The minimum absolute atomic E-state index is 0.00306. The van der Waals surface area contributed by atoms with Crippen molar-refractivity contribution >= 4 is 40.6 Å². The van der Waals surface area contributed by atoms with Crippen molar-refractivity contribution in [3.05, 3.63) is 93.9 Å². The van der Waals surface area contributed by atoms with Crippen LogP contribution in [0.5, 0.6) is 11.5 Å². The number of aryl methyl sites for hydroxylation is 1. The van der Waals surface area contributed by atoms with Gasteiger partial charge in [-0.15, -0.1) is 0 Å². The molecule has 3 aromatic carbocycles. The Morgan fingerprint density at radius 1 is 1.05 bits per heavy atom. The maximum absolute atomic E-state index is 13.1. The SMILES string of the molecule is COc1ccc(C(F)(F)F)cc1NC(=O)CN1C(=O)S/C(=C\c2ccc(OCc3cccc(C)c3)cc2)C1=O. The predicted molar refractivity (Wildman–Crippen MR) is 141 cm³/mol. The van der Waals surface area contributed by atoms with Crippen molar-refractivity contribution in [2.75, 3.05) is 19.0 Å². The standard InChI is InChI=1S/C28H23F3N2O5S/c1-17-4-3-5-19(12-17)16-38-21-9-6-18(7-10-21)13-24-26(35)33(27(36)39-24)15-25(34)32-22-14-20(28(29,30)31)8-11-23(22)37-2/h3-14H,15-16H2,1-2H3,(H,32,34)/b24-13-. The molecule has 7 nitrogen and oxygen atoms in total. The number of hydrogen-bond donors (Lipinski definition) is 1. The smallest absolute Gasteiger partial charge is 0.416 e. The number of nitrogens with zero attached hydrogens (tertiary/aromatic N) is 1. The number of thioether (sulfide) groups is 1. The normalized spacial score (nSPS) is 14.6. The summed E-state index contributed by atoms with van der Waals surface area (Å²) in [6.07, 6.45) is -3.11. The molecule has 0 radical (unpaired) electrons. The molecule has 202 valence electrons. The zero-order valence-corrected chi connectivity index (χ0v) is 21.7. The third kappa shape index (κ3) is 6.99. The lowest BCUT2D eigenvalue weighted by atomic mass is 10.1. The molecule has 11 heteroatoms. The summed E-state index contributed by atoms with van der Waals surface area (Å²) in [5, 5.41) is 1.62. The Morgan fingerprint density at radius 3 is 2.46 bits per heavy atom. The Balaban J connectivity index is 1.39. The number of nitrogens with one attached hydrogen (secondary N) is 1. The van der Waals surface area contributed by atoms with Crippen LogP contribution >= 0.6 is 11.8 Å². The number of imide groups is 1. The number of benzene rings is 3. The average Bonchev–Trinajstić information content (AvgIpc) is 3.15. The molecule has 4 rings (SSSR count). The molecule has 0 aromatic heterocycles. The summed E-state index contributed by atoms with van der Waals surface area (Å²) in [6, 6.07) is 17.5. The fraction of sp³-hybridized carbons (Fsp3) is 0.179. The summed E-state index contributed by atoms with van der Waals surface area (Å²) >= 11 is 0.665. The van der Waals surface area contributed by atoms with Gasteiger partial charge >= 0.3 is 6.18 Å². The molecule has 0 aliphatic carbocycles. The minimum atomic E-state index is -4.63. The van der Waals surface area contributed by atoms with E-state index in [-0.39, 0.29) is 16.3 Å². The maximum atomic E-state index is 13.1. The molecular formula is C28H23F3N2O5S. The van der Waals surface area contributed by atoms with Gasteiger partial charge in [0.05, 0.1) is 23.3 Å². The van der Waals surface area contributed by atoms with Crippen molar-refractivity contribution in [3.8, 4) is 11.5 Å². The summed E-state index contributed by atoms with van der Waals surface area (Å²) < 4.78 is 50.0. The van der Waals surface area contributed by atoms with E-state index in [0.29, 0.717) is 29.7 Å². The number of alkyl halides is 3. The Kier molecular flexibility index (Phi) is 8.29. The Bertz CT molecular complexity index is 1440. The van der Waals surface area contributed by atoms with Crippen LogP contribution in [0.2, 0.25) is 0 Å². The first-order valence-corrected chi connectivity index (χ1v) is 12.4. The molecular weight excluding hydrogens is 533 g/mol. The lowest BCUT2D eigenvalue weighted by molar-refractivity contribution is -0.137. The largest absolute Gasteiger partial charge is 0.495 e. The quantitative estimate of drug-likeness (QED) is 0.329. The molecule has 0 unspecified atom stereocenters. The van der Waals surface area contributed by atoms with Crippen molar-refractivity contribution in [2.45, 2.75) is 19.7 Å². The number of hydrogen-bond acceptors (Lipinski definition) is 6. The fourth-order valence-electron chi connectivity index (χ4n) is 3.73.